The van der Waals surface area contributed by atoms with E-state index < -0.39 is 6.04 Å². The molecule has 1 atom stereocenters. The van der Waals surface area contributed by atoms with Crippen molar-refractivity contribution in [3.63, 3.8) is 0 Å². The number of benzene rings is 3. The molecule has 0 aliphatic carbocycles. The first-order chi connectivity index (χ1) is 19.7. The molecule has 4 aromatic rings. The average molecular weight is 568 g/mol. The maximum atomic E-state index is 14.1. The van der Waals surface area contributed by atoms with Gasteiger partial charge in [-0.05, 0) is 84.5 Å². The van der Waals surface area contributed by atoms with Crippen molar-refractivity contribution in [2.75, 3.05) is 19.5 Å². The zero-order chi connectivity index (χ0) is 29.3. The van der Waals surface area contributed by atoms with E-state index in [2.05, 4.69) is 25.2 Å². The van der Waals surface area contributed by atoms with Crippen LogP contribution in [0, 0.1) is 6.92 Å². The van der Waals surface area contributed by atoms with Crippen LogP contribution >= 0.6 is 11.3 Å². The van der Waals surface area contributed by atoms with Gasteiger partial charge in [0.2, 0.25) is 0 Å². The van der Waals surface area contributed by atoms with Crippen molar-refractivity contribution in [1.82, 2.24) is 4.57 Å². The van der Waals surface area contributed by atoms with Gasteiger partial charge in [0.05, 0.1) is 36.1 Å². The molecule has 8 heteroatoms. The third-order valence-electron chi connectivity index (χ3n) is 7.26. The molecule has 41 heavy (non-hydrogen) atoms. The van der Waals surface area contributed by atoms with Crippen LogP contribution in [0.25, 0.3) is 6.08 Å². The second-order valence-electron chi connectivity index (χ2n) is 10.3. The molecule has 1 amide bonds. The van der Waals surface area contributed by atoms with Gasteiger partial charge >= 0.3 is 0 Å². The van der Waals surface area contributed by atoms with Gasteiger partial charge in [-0.1, -0.05) is 55.5 Å². The van der Waals surface area contributed by atoms with Gasteiger partial charge < -0.3 is 14.8 Å². The number of carbonyl (C=O) groups is 1. The summed E-state index contributed by atoms with van der Waals surface area (Å²) in [6.07, 6.45) is 1.92. The van der Waals surface area contributed by atoms with Crippen LogP contribution < -0.4 is 29.7 Å². The first-order valence-corrected chi connectivity index (χ1v) is 14.2. The number of nitrogens with one attached hydrogen (secondary N) is 1. The van der Waals surface area contributed by atoms with E-state index >= 15 is 0 Å². The predicted molar refractivity (Wildman–Crippen MR) is 164 cm³/mol. The number of rotatable bonds is 7. The number of amides is 1. The van der Waals surface area contributed by atoms with E-state index in [4.69, 9.17) is 14.5 Å². The van der Waals surface area contributed by atoms with Gasteiger partial charge in [0.15, 0.2) is 4.80 Å². The van der Waals surface area contributed by atoms with E-state index in [1.165, 1.54) is 11.3 Å². The normalized spacial score (nSPS) is 15.0. The van der Waals surface area contributed by atoms with Crippen LogP contribution in [0.15, 0.2) is 87.8 Å². The number of aryl methyl sites for hydroxylation is 1. The first kappa shape index (κ1) is 28.1. The van der Waals surface area contributed by atoms with E-state index in [0.717, 1.165) is 28.0 Å². The van der Waals surface area contributed by atoms with E-state index in [0.29, 0.717) is 32.0 Å². The Bertz CT molecular complexity index is 1820. The van der Waals surface area contributed by atoms with Gasteiger partial charge in [0.25, 0.3) is 11.5 Å². The van der Waals surface area contributed by atoms with Crippen molar-refractivity contribution in [3.05, 3.63) is 120 Å². The largest absolute Gasteiger partial charge is 0.497 e. The Morgan fingerprint density at radius 2 is 1.73 bits per heavy atom. The number of allylic oxidation sites excluding steroid dienone is 1. The molecule has 5 rings (SSSR count). The average Bonchev–Trinajstić information content (AvgIpc) is 3.27. The number of carbonyl (C=O) groups excluding carboxylic acids is 1. The second kappa shape index (κ2) is 11.6. The summed E-state index contributed by atoms with van der Waals surface area (Å²) in [7, 11) is 3.28. The number of anilines is 1. The van der Waals surface area contributed by atoms with Gasteiger partial charge in [-0.3, -0.25) is 14.2 Å². The summed E-state index contributed by atoms with van der Waals surface area (Å²) in [5.41, 5.74) is 5.25. The molecule has 1 aromatic heterocycles. The molecule has 1 N–H and O–H groups in total. The quantitative estimate of drug-likeness (QED) is 0.328. The number of thiazole rings is 1. The summed E-state index contributed by atoms with van der Waals surface area (Å²) < 4.78 is 13.1. The molecule has 2 heterocycles. The van der Waals surface area contributed by atoms with Crippen LogP contribution in [0.5, 0.6) is 11.5 Å². The fourth-order valence-corrected chi connectivity index (χ4v) is 6.11. The molecule has 0 unspecified atom stereocenters. The lowest BCUT2D eigenvalue weighted by Gasteiger charge is -2.25. The van der Waals surface area contributed by atoms with Crippen molar-refractivity contribution in [2.45, 2.75) is 39.7 Å². The van der Waals surface area contributed by atoms with E-state index in [1.807, 2.05) is 80.6 Å². The minimum absolute atomic E-state index is 0.201. The minimum atomic E-state index is -0.661. The second-order valence-corrected chi connectivity index (χ2v) is 11.3. The lowest BCUT2D eigenvalue weighted by Crippen LogP contribution is -2.40. The monoisotopic (exact) mass is 567 g/mol. The van der Waals surface area contributed by atoms with Crippen LogP contribution in [-0.4, -0.2) is 24.7 Å². The van der Waals surface area contributed by atoms with Crippen molar-refractivity contribution in [1.29, 1.82) is 0 Å². The van der Waals surface area contributed by atoms with Crippen LogP contribution in [-0.2, 0) is 4.79 Å². The number of ether oxygens (including phenoxy) is 2. The zero-order valence-electron chi connectivity index (χ0n) is 24.0. The molecule has 0 radical (unpaired) electrons. The Morgan fingerprint density at radius 1 is 1.02 bits per heavy atom. The van der Waals surface area contributed by atoms with Gasteiger partial charge in [0.1, 0.15) is 11.5 Å². The van der Waals surface area contributed by atoms with Crippen LogP contribution in [0.2, 0.25) is 0 Å². The molecule has 1 aliphatic heterocycles. The summed E-state index contributed by atoms with van der Waals surface area (Å²) >= 11 is 1.32. The summed E-state index contributed by atoms with van der Waals surface area (Å²) in [4.78, 5) is 33.1. The smallest absolute Gasteiger partial charge is 0.271 e. The third kappa shape index (κ3) is 5.47. The topological polar surface area (TPSA) is 81.9 Å². The predicted octanol–water partition coefficient (Wildman–Crippen LogP) is 5.32. The number of fused-ring (bicyclic) bond motifs is 1. The Balaban J connectivity index is 1.68. The number of hydrogen-bond donors (Lipinski definition) is 1. The highest BCUT2D eigenvalue weighted by atomic mass is 32.1. The Kier molecular flexibility index (Phi) is 7.94. The SMILES string of the molecule is COc1ccc([C@@H]2C(C(=O)Nc3ccccc3)=C(C)N=c3s/c(=C/c4cc(C(C)C)c(OC)cc4C)c(=O)n32)cc1. The molecule has 0 bridgehead atoms. The zero-order valence-corrected chi connectivity index (χ0v) is 24.8. The van der Waals surface area contributed by atoms with Gasteiger partial charge in [-0.25, -0.2) is 4.99 Å². The highest BCUT2D eigenvalue weighted by Crippen LogP contribution is 2.32. The fourth-order valence-electron chi connectivity index (χ4n) is 5.07. The highest BCUT2D eigenvalue weighted by molar-refractivity contribution is 7.07. The van der Waals surface area contributed by atoms with Crippen molar-refractivity contribution >= 4 is 29.0 Å². The number of hydrogen-bond acceptors (Lipinski definition) is 6. The summed E-state index contributed by atoms with van der Waals surface area (Å²) in [5, 5.41) is 2.98. The van der Waals surface area contributed by atoms with Crippen molar-refractivity contribution in [2.24, 2.45) is 4.99 Å². The van der Waals surface area contributed by atoms with Crippen LogP contribution in [0.4, 0.5) is 5.69 Å². The Morgan fingerprint density at radius 3 is 2.37 bits per heavy atom. The molecule has 0 fully saturated rings. The Labute approximate surface area is 243 Å². The minimum Gasteiger partial charge on any atom is -0.497 e. The maximum absolute atomic E-state index is 14.1. The fraction of sp³-hybridized carbons (Fsp3) is 0.242. The first-order valence-electron chi connectivity index (χ1n) is 13.4. The third-order valence-corrected chi connectivity index (χ3v) is 8.24. The number of aromatic nitrogens is 1. The summed E-state index contributed by atoms with van der Waals surface area (Å²) in [6.45, 7) is 8.05. The molecule has 3 aromatic carbocycles. The molecular formula is C33H33N3O4S. The molecule has 0 saturated carbocycles. The van der Waals surface area contributed by atoms with E-state index in [-0.39, 0.29) is 17.4 Å². The van der Waals surface area contributed by atoms with E-state index in [9.17, 15) is 9.59 Å². The molecule has 0 saturated heterocycles. The highest BCUT2D eigenvalue weighted by Gasteiger charge is 2.32. The van der Waals surface area contributed by atoms with Gasteiger partial charge in [-0.2, -0.15) is 0 Å². The lowest BCUT2D eigenvalue weighted by molar-refractivity contribution is -0.113. The number of methoxy groups -OCH3 is 2. The maximum Gasteiger partial charge on any atom is 0.271 e. The van der Waals surface area contributed by atoms with Gasteiger partial charge in [-0.15, -0.1) is 0 Å². The molecular weight excluding hydrogens is 534 g/mol. The number of para-hydroxylation sites is 1. The summed E-state index contributed by atoms with van der Waals surface area (Å²) in [5.74, 6) is 1.47. The molecule has 7 nitrogen and oxygen atoms in total. The van der Waals surface area contributed by atoms with Crippen LogP contribution in [0.3, 0.4) is 0 Å². The van der Waals surface area contributed by atoms with Crippen molar-refractivity contribution in [3.8, 4) is 11.5 Å². The number of nitrogens with zero attached hydrogens (tertiary/aromatic N) is 2. The molecule has 1 aliphatic rings. The molecule has 210 valence electrons. The Hall–Kier alpha value is -4.43. The lowest BCUT2D eigenvalue weighted by atomic mass is 9.95. The van der Waals surface area contributed by atoms with E-state index in [1.54, 1.807) is 18.8 Å². The van der Waals surface area contributed by atoms with Crippen LogP contribution in [0.1, 0.15) is 55.0 Å². The van der Waals surface area contributed by atoms with Crippen molar-refractivity contribution < 1.29 is 14.3 Å². The van der Waals surface area contributed by atoms with Gasteiger partial charge in [0, 0.05) is 5.69 Å². The summed E-state index contributed by atoms with van der Waals surface area (Å²) in [6, 6.07) is 20.1. The molecule has 0 spiro atoms. The standard InChI is InChI=1S/C33H33N3O4S/c1-19(2)26-17-23(20(3)16-27(26)40-6)18-28-32(38)36-30(22-12-14-25(39-5)15-13-22)29(21(4)34-33(36)41-28)31(37)35-24-10-8-7-9-11-24/h7-19,30H,1-6H3,(H,35,37)/b28-18+/t30-/m1/s1.